The number of ether oxygens (including phenoxy) is 1. The minimum atomic E-state index is -0.281. The van der Waals surface area contributed by atoms with E-state index >= 15 is 0 Å². The van der Waals surface area contributed by atoms with Crippen LogP contribution in [0.5, 0.6) is 5.75 Å². The van der Waals surface area contributed by atoms with Gasteiger partial charge in [0.1, 0.15) is 5.75 Å². The van der Waals surface area contributed by atoms with E-state index in [9.17, 15) is 9.90 Å². The van der Waals surface area contributed by atoms with E-state index in [1.807, 2.05) is 13.0 Å². The number of phenols is 1. The molecule has 1 atom stereocenters. The lowest BCUT2D eigenvalue weighted by Crippen LogP contribution is -2.09. The van der Waals surface area contributed by atoms with E-state index in [1.54, 1.807) is 18.2 Å². The number of phenolic OH excluding ortho intramolecular Hbond substituents is 1. The molecule has 0 unspecified atom stereocenters. The predicted octanol–water partition coefficient (Wildman–Crippen LogP) is 2.62. The van der Waals surface area contributed by atoms with E-state index in [2.05, 4.69) is 11.3 Å². The summed E-state index contributed by atoms with van der Waals surface area (Å²) in [6.07, 6.45) is 0.245. The highest BCUT2D eigenvalue weighted by Crippen LogP contribution is 2.28. The third-order valence-corrected chi connectivity index (χ3v) is 2.47. The lowest BCUT2D eigenvalue weighted by atomic mass is 9.90. The van der Waals surface area contributed by atoms with E-state index in [4.69, 9.17) is 0 Å². The molecule has 1 N–H and O–H groups in total. The number of methoxy groups -OCH3 is 1. The van der Waals surface area contributed by atoms with Gasteiger partial charge in [-0.05, 0) is 24.6 Å². The molecule has 86 valence electrons. The third kappa shape index (κ3) is 3.12. The van der Waals surface area contributed by atoms with Gasteiger partial charge in [-0.2, -0.15) is 0 Å². The van der Waals surface area contributed by atoms with Crippen molar-refractivity contribution in [2.24, 2.45) is 0 Å². The van der Waals surface area contributed by atoms with Gasteiger partial charge in [0.25, 0.3) is 0 Å². The Labute approximate surface area is 95.4 Å². The summed E-state index contributed by atoms with van der Waals surface area (Å²) in [7, 11) is 1.36. The molecule has 1 aromatic carbocycles. The Morgan fingerprint density at radius 2 is 2.25 bits per heavy atom. The van der Waals surface area contributed by atoms with Gasteiger partial charge < -0.3 is 9.84 Å². The number of carbonyl (C=O) groups is 1. The lowest BCUT2D eigenvalue weighted by Gasteiger charge is -2.16. The number of aromatic hydroxyl groups is 1. The highest BCUT2D eigenvalue weighted by atomic mass is 16.5. The number of hydrogen-bond donors (Lipinski definition) is 1. The number of allylic oxidation sites excluding steroid dienone is 1. The van der Waals surface area contributed by atoms with Crippen LogP contribution in [0.4, 0.5) is 0 Å². The molecule has 0 saturated carbocycles. The summed E-state index contributed by atoms with van der Waals surface area (Å²) in [4.78, 5) is 11.3. The molecule has 0 aromatic heterocycles. The molecule has 0 saturated heterocycles. The van der Waals surface area contributed by atoms with E-state index in [-0.39, 0.29) is 24.1 Å². The summed E-state index contributed by atoms with van der Waals surface area (Å²) in [5.41, 5.74) is 1.74. The van der Waals surface area contributed by atoms with E-state index in [0.717, 1.165) is 11.1 Å². The van der Waals surface area contributed by atoms with Gasteiger partial charge in [0.2, 0.25) is 0 Å². The molecule has 0 aliphatic carbocycles. The van der Waals surface area contributed by atoms with Crippen LogP contribution in [0.1, 0.15) is 24.8 Å². The van der Waals surface area contributed by atoms with Crippen LogP contribution in [0.3, 0.4) is 0 Å². The van der Waals surface area contributed by atoms with Gasteiger partial charge >= 0.3 is 5.97 Å². The first-order chi connectivity index (χ1) is 7.54. The van der Waals surface area contributed by atoms with Crippen LogP contribution in [-0.4, -0.2) is 18.2 Å². The van der Waals surface area contributed by atoms with Crippen LogP contribution in [0, 0.1) is 0 Å². The summed E-state index contributed by atoms with van der Waals surface area (Å²) in [6.45, 7) is 5.72. The Bertz CT molecular complexity index is 396. The zero-order valence-electron chi connectivity index (χ0n) is 9.56. The molecule has 0 spiro atoms. The number of hydrogen-bond acceptors (Lipinski definition) is 3. The maximum Gasteiger partial charge on any atom is 0.306 e. The number of carbonyl (C=O) groups excluding carboxylic acids is 1. The SMILES string of the molecule is C=C(C)[C@@H](CC(=O)OC)c1cccc(O)c1. The molecule has 0 amide bonds. The Morgan fingerprint density at radius 1 is 1.56 bits per heavy atom. The van der Waals surface area contributed by atoms with Crippen molar-refractivity contribution in [2.45, 2.75) is 19.3 Å². The maximum atomic E-state index is 11.3. The van der Waals surface area contributed by atoms with E-state index < -0.39 is 0 Å². The van der Waals surface area contributed by atoms with Crippen molar-refractivity contribution >= 4 is 5.97 Å². The second kappa shape index (κ2) is 5.35. The molecule has 1 rings (SSSR count). The summed E-state index contributed by atoms with van der Waals surface area (Å²) in [5, 5.41) is 9.39. The average Bonchev–Trinajstić information content (AvgIpc) is 2.25. The first-order valence-corrected chi connectivity index (χ1v) is 5.05. The fourth-order valence-electron chi connectivity index (χ4n) is 1.57. The van der Waals surface area contributed by atoms with E-state index in [1.165, 1.54) is 7.11 Å². The molecule has 0 heterocycles. The zero-order valence-corrected chi connectivity index (χ0v) is 9.56. The minimum Gasteiger partial charge on any atom is -0.508 e. The molecule has 3 nitrogen and oxygen atoms in total. The lowest BCUT2D eigenvalue weighted by molar-refractivity contribution is -0.140. The largest absolute Gasteiger partial charge is 0.508 e. The Morgan fingerprint density at radius 3 is 2.75 bits per heavy atom. The number of benzene rings is 1. The van der Waals surface area contributed by atoms with Gasteiger partial charge in [-0.25, -0.2) is 0 Å². The predicted molar refractivity (Wildman–Crippen MR) is 62.3 cm³/mol. The normalized spacial score (nSPS) is 11.9. The summed E-state index contributed by atoms with van der Waals surface area (Å²) < 4.78 is 4.64. The van der Waals surface area contributed by atoms with Gasteiger partial charge in [0.05, 0.1) is 13.5 Å². The van der Waals surface area contributed by atoms with Crippen molar-refractivity contribution in [3.05, 3.63) is 42.0 Å². The van der Waals surface area contributed by atoms with Gasteiger partial charge in [-0.15, -0.1) is 0 Å². The van der Waals surface area contributed by atoms with Gasteiger partial charge in [-0.3, -0.25) is 4.79 Å². The zero-order chi connectivity index (χ0) is 12.1. The average molecular weight is 220 g/mol. The Hall–Kier alpha value is -1.77. The van der Waals surface area contributed by atoms with Crippen LogP contribution in [-0.2, 0) is 9.53 Å². The third-order valence-electron chi connectivity index (χ3n) is 2.47. The highest BCUT2D eigenvalue weighted by molar-refractivity contribution is 5.71. The van der Waals surface area contributed by atoms with Crippen LogP contribution in [0.2, 0.25) is 0 Å². The molecule has 0 aliphatic heterocycles. The highest BCUT2D eigenvalue weighted by Gasteiger charge is 2.17. The summed E-state index contributed by atoms with van der Waals surface area (Å²) >= 11 is 0. The van der Waals surface area contributed by atoms with Crippen molar-refractivity contribution in [2.75, 3.05) is 7.11 Å². The summed E-state index contributed by atoms with van der Waals surface area (Å²) in [5.74, 6) is -0.204. The van der Waals surface area contributed by atoms with Crippen molar-refractivity contribution in [1.29, 1.82) is 0 Å². The number of rotatable bonds is 4. The van der Waals surface area contributed by atoms with Gasteiger partial charge in [-0.1, -0.05) is 24.3 Å². The van der Waals surface area contributed by atoms with Crippen LogP contribution in [0.25, 0.3) is 0 Å². The van der Waals surface area contributed by atoms with Crippen molar-refractivity contribution in [3.8, 4) is 5.75 Å². The molecule has 1 aromatic rings. The minimum absolute atomic E-state index is 0.112. The quantitative estimate of drug-likeness (QED) is 0.626. The van der Waals surface area contributed by atoms with Gasteiger partial charge in [0, 0.05) is 5.92 Å². The molecule has 0 bridgehead atoms. The topological polar surface area (TPSA) is 46.5 Å². The monoisotopic (exact) mass is 220 g/mol. The van der Waals surface area contributed by atoms with Gasteiger partial charge in [0.15, 0.2) is 0 Å². The van der Waals surface area contributed by atoms with Crippen molar-refractivity contribution < 1.29 is 14.6 Å². The first-order valence-electron chi connectivity index (χ1n) is 5.05. The smallest absolute Gasteiger partial charge is 0.306 e. The standard InChI is InChI=1S/C13H16O3/c1-9(2)12(8-13(15)16-3)10-5-4-6-11(14)7-10/h4-7,12,14H,1,8H2,2-3H3/t12-/m1/s1. The van der Waals surface area contributed by atoms with Crippen LogP contribution < -0.4 is 0 Å². The molecule has 0 aliphatic rings. The molecular formula is C13H16O3. The number of esters is 1. The van der Waals surface area contributed by atoms with Crippen LogP contribution in [0.15, 0.2) is 36.4 Å². The fourth-order valence-corrected chi connectivity index (χ4v) is 1.57. The summed E-state index contributed by atoms with van der Waals surface area (Å²) in [6, 6.07) is 6.85. The molecule has 16 heavy (non-hydrogen) atoms. The Balaban J connectivity index is 2.94. The first kappa shape index (κ1) is 12.3. The van der Waals surface area contributed by atoms with E-state index in [0.29, 0.717) is 0 Å². The van der Waals surface area contributed by atoms with Crippen molar-refractivity contribution in [3.63, 3.8) is 0 Å². The van der Waals surface area contributed by atoms with Crippen LogP contribution >= 0.6 is 0 Å². The molecule has 0 fully saturated rings. The molecule has 0 radical (unpaired) electrons. The second-order valence-electron chi connectivity index (χ2n) is 3.77. The molecule has 3 heteroatoms. The maximum absolute atomic E-state index is 11.3. The second-order valence-corrected chi connectivity index (χ2v) is 3.77. The van der Waals surface area contributed by atoms with Crippen molar-refractivity contribution in [1.82, 2.24) is 0 Å². The fraction of sp³-hybridized carbons (Fsp3) is 0.308. The Kier molecular flexibility index (Phi) is 4.11. The molecular weight excluding hydrogens is 204 g/mol.